The van der Waals surface area contributed by atoms with Gasteiger partial charge in [0.05, 0.1) is 12.8 Å². The number of aliphatic hydroxyl groups excluding tert-OH is 1. The molecular formula is C18H18ClNO5. The summed E-state index contributed by atoms with van der Waals surface area (Å²) < 4.78 is 10.2. The van der Waals surface area contributed by atoms with Crippen molar-refractivity contribution in [3.8, 4) is 5.75 Å². The van der Waals surface area contributed by atoms with Gasteiger partial charge in [-0.25, -0.2) is 4.79 Å². The van der Waals surface area contributed by atoms with Crippen molar-refractivity contribution < 1.29 is 24.2 Å². The van der Waals surface area contributed by atoms with Crippen LogP contribution >= 0.6 is 11.6 Å². The Morgan fingerprint density at radius 2 is 1.84 bits per heavy atom. The Bertz CT molecular complexity index is 750. The highest BCUT2D eigenvalue weighted by molar-refractivity contribution is 6.31. The number of carbonyl (C=O) groups is 2. The van der Waals surface area contributed by atoms with Gasteiger partial charge in [0.25, 0.3) is 5.91 Å². The molecule has 0 fully saturated rings. The summed E-state index contributed by atoms with van der Waals surface area (Å²) in [4.78, 5) is 24.2. The van der Waals surface area contributed by atoms with E-state index >= 15 is 0 Å². The largest absolute Gasteiger partial charge is 0.495 e. The zero-order chi connectivity index (χ0) is 18.4. The molecule has 25 heavy (non-hydrogen) atoms. The highest BCUT2D eigenvalue weighted by Gasteiger charge is 2.25. The van der Waals surface area contributed by atoms with Crippen LogP contribution in [0.3, 0.4) is 0 Å². The van der Waals surface area contributed by atoms with Gasteiger partial charge in [-0.2, -0.15) is 0 Å². The van der Waals surface area contributed by atoms with Crippen LogP contribution in [-0.4, -0.2) is 30.2 Å². The lowest BCUT2D eigenvalue weighted by Crippen LogP contribution is -2.32. The summed E-state index contributed by atoms with van der Waals surface area (Å²) in [6, 6.07) is 13.1. The number of halogens is 1. The number of hydrogen-bond donors (Lipinski definition) is 2. The van der Waals surface area contributed by atoms with E-state index in [2.05, 4.69) is 5.32 Å². The lowest BCUT2D eigenvalue weighted by Gasteiger charge is -2.17. The highest BCUT2D eigenvalue weighted by Crippen LogP contribution is 2.28. The normalized spacial score (nSPS) is 12.8. The fourth-order valence-corrected chi connectivity index (χ4v) is 2.25. The first-order valence-electron chi connectivity index (χ1n) is 7.50. The van der Waals surface area contributed by atoms with E-state index in [0.717, 1.165) is 0 Å². The molecule has 1 amide bonds. The third-order valence-corrected chi connectivity index (χ3v) is 3.66. The van der Waals surface area contributed by atoms with E-state index in [1.54, 1.807) is 42.5 Å². The minimum atomic E-state index is -1.46. The summed E-state index contributed by atoms with van der Waals surface area (Å²) in [6.45, 7) is 1.40. The predicted molar refractivity (Wildman–Crippen MR) is 93.6 cm³/mol. The second-order valence-electron chi connectivity index (χ2n) is 5.23. The van der Waals surface area contributed by atoms with E-state index in [1.165, 1.54) is 20.1 Å². The predicted octanol–water partition coefficient (Wildman–Crippen LogP) is 2.95. The first kappa shape index (κ1) is 18.8. The number of hydrogen-bond acceptors (Lipinski definition) is 5. The molecule has 0 radical (unpaired) electrons. The number of methoxy groups -OCH3 is 1. The maximum atomic E-state index is 12.2. The van der Waals surface area contributed by atoms with Gasteiger partial charge in [0, 0.05) is 5.02 Å². The Balaban J connectivity index is 2.01. The molecule has 2 atom stereocenters. The van der Waals surface area contributed by atoms with Gasteiger partial charge in [0.1, 0.15) is 5.75 Å². The molecule has 0 bridgehead atoms. The molecule has 0 heterocycles. The van der Waals surface area contributed by atoms with Gasteiger partial charge in [-0.3, -0.25) is 4.79 Å². The summed E-state index contributed by atoms with van der Waals surface area (Å²) in [5.74, 6) is -1.07. The molecule has 0 saturated carbocycles. The monoisotopic (exact) mass is 363 g/mol. The number of ether oxygens (including phenoxy) is 2. The second-order valence-corrected chi connectivity index (χ2v) is 5.66. The fraction of sp³-hybridized carbons (Fsp3) is 0.222. The minimum Gasteiger partial charge on any atom is -0.495 e. The van der Waals surface area contributed by atoms with E-state index in [9.17, 15) is 14.7 Å². The summed E-state index contributed by atoms with van der Waals surface area (Å²) in [5.41, 5.74) is 0.739. The third-order valence-electron chi connectivity index (χ3n) is 3.42. The molecule has 132 valence electrons. The topological polar surface area (TPSA) is 84.9 Å². The van der Waals surface area contributed by atoms with Crippen LogP contribution in [0.2, 0.25) is 5.02 Å². The van der Waals surface area contributed by atoms with Gasteiger partial charge < -0.3 is 19.9 Å². The number of aliphatic hydroxyl groups is 1. The summed E-state index contributed by atoms with van der Waals surface area (Å²) in [7, 11) is 1.46. The summed E-state index contributed by atoms with van der Waals surface area (Å²) in [5, 5.41) is 13.0. The van der Waals surface area contributed by atoms with Crippen molar-refractivity contribution in [1.82, 2.24) is 0 Å². The van der Waals surface area contributed by atoms with E-state index < -0.39 is 24.1 Å². The number of anilines is 1. The van der Waals surface area contributed by atoms with Crippen LogP contribution in [0.5, 0.6) is 5.75 Å². The van der Waals surface area contributed by atoms with E-state index in [1.807, 2.05) is 0 Å². The number of amides is 1. The third kappa shape index (κ3) is 4.95. The maximum Gasteiger partial charge on any atom is 0.340 e. The van der Waals surface area contributed by atoms with E-state index in [0.29, 0.717) is 22.0 Å². The molecule has 2 aromatic rings. The average molecular weight is 364 g/mol. The van der Waals surface area contributed by atoms with Crippen LogP contribution in [0.4, 0.5) is 5.69 Å². The number of carbonyl (C=O) groups excluding carboxylic acids is 2. The average Bonchev–Trinajstić information content (AvgIpc) is 2.61. The second kappa shape index (κ2) is 8.50. The molecule has 0 aromatic heterocycles. The van der Waals surface area contributed by atoms with Crippen molar-refractivity contribution in [2.24, 2.45) is 0 Å². The Morgan fingerprint density at radius 3 is 2.48 bits per heavy atom. The van der Waals surface area contributed by atoms with Crippen molar-refractivity contribution in [2.75, 3.05) is 12.4 Å². The summed E-state index contributed by atoms with van der Waals surface area (Å²) >= 11 is 5.91. The van der Waals surface area contributed by atoms with Crippen molar-refractivity contribution in [2.45, 2.75) is 19.1 Å². The smallest absolute Gasteiger partial charge is 0.340 e. The van der Waals surface area contributed by atoms with Gasteiger partial charge in [-0.1, -0.05) is 41.9 Å². The minimum absolute atomic E-state index is 0.353. The fourth-order valence-electron chi connectivity index (χ4n) is 2.08. The summed E-state index contributed by atoms with van der Waals surface area (Å²) in [6.07, 6.45) is -2.58. The Kier molecular flexibility index (Phi) is 6.38. The Hall–Kier alpha value is -2.57. The van der Waals surface area contributed by atoms with E-state index in [4.69, 9.17) is 21.1 Å². The van der Waals surface area contributed by atoms with Crippen molar-refractivity contribution in [3.05, 3.63) is 59.1 Å². The molecule has 0 aliphatic carbocycles. The van der Waals surface area contributed by atoms with Crippen LogP contribution in [0.25, 0.3) is 0 Å². The molecule has 0 unspecified atom stereocenters. The van der Waals surface area contributed by atoms with E-state index in [-0.39, 0.29) is 0 Å². The Morgan fingerprint density at radius 1 is 1.16 bits per heavy atom. The lowest BCUT2D eigenvalue weighted by atomic mass is 10.1. The molecular weight excluding hydrogens is 346 g/mol. The molecule has 0 aliphatic rings. The number of nitrogens with one attached hydrogen (secondary N) is 1. The van der Waals surface area contributed by atoms with Crippen LogP contribution in [0.1, 0.15) is 18.6 Å². The molecule has 2 N–H and O–H groups in total. The molecule has 0 saturated heterocycles. The zero-order valence-electron chi connectivity index (χ0n) is 13.7. The SMILES string of the molecule is COc1ccc(Cl)cc1NC(=O)[C@H](C)OC(=O)[C@H](O)c1ccccc1. The van der Waals surface area contributed by atoms with Crippen LogP contribution in [0.15, 0.2) is 48.5 Å². The van der Waals surface area contributed by atoms with Crippen LogP contribution in [-0.2, 0) is 14.3 Å². The first-order valence-corrected chi connectivity index (χ1v) is 7.88. The molecule has 7 heteroatoms. The number of rotatable bonds is 6. The number of benzene rings is 2. The van der Waals surface area contributed by atoms with Crippen LogP contribution in [0, 0.1) is 0 Å². The molecule has 2 aromatic carbocycles. The maximum absolute atomic E-state index is 12.2. The van der Waals surface area contributed by atoms with Gasteiger partial charge in [0.15, 0.2) is 12.2 Å². The van der Waals surface area contributed by atoms with Gasteiger partial charge in [-0.15, -0.1) is 0 Å². The van der Waals surface area contributed by atoms with Gasteiger partial charge in [0.2, 0.25) is 0 Å². The van der Waals surface area contributed by atoms with Crippen molar-refractivity contribution in [3.63, 3.8) is 0 Å². The molecule has 0 aliphatic heterocycles. The standard InChI is InChI=1S/C18H18ClNO5/c1-11(25-18(23)16(21)12-6-4-3-5-7-12)17(22)20-14-10-13(19)8-9-15(14)24-2/h3-11,16,21H,1-2H3,(H,20,22)/t11-,16+/m0/s1. The zero-order valence-corrected chi connectivity index (χ0v) is 14.5. The number of esters is 1. The van der Waals surface area contributed by atoms with Gasteiger partial charge >= 0.3 is 5.97 Å². The molecule has 6 nitrogen and oxygen atoms in total. The van der Waals surface area contributed by atoms with Crippen molar-refractivity contribution in [1.29, 1.82) is 0 Å². The Labute approximate surface area is 150 Å². The van der Waals surface area contributed by atoms with Crippen LogP contribution < -0.4 is 10.1 Å². The quantitative estimate of drug-likeness (QED) is 0.771. The first-order chi connectivity index (χ1) is 11.9. The van der Waals surface area contributed by atoms with Crippen molar-refractivity contribution >= 4 is 29.2 Å². The molecule has 2 rings (SSSR count). The molecule has 0 spiro atoms. The lowest BCUT2D eigenvalue weighted by molar-refractivity contribution is -0.162. The highest BCUT2D eigenvalue weighted by atomic mass is 35.5. The van der Waals surface area contributed by atoms with Gasteiger partial charge in [-0.05, 0) is 30.7 Å².